The number of hydrogen-bond donors (Lipinski definition) is 0. The maximum absolute atomic E-state index is 9.36. The number of pyridine rings is 2. The lowest BCUT2D eigenvalue weighted by Gasteiger charge is -2.11. The molecule has 5 heteroatoms. The zero-order valence-electron chi connectivity index (χ0n) is 21.9. The molecule has 4 aromatic carbocycles. The molecule has 0 aliphatic rings. The van der Waals surface area contributed by atoms with Crippen molar-refractivity contribution in [2.24, 2.45) is 0 Å². The van der Waals surface area contributed by atoms with Crippen LogP contribution in [0.3, 0.4) is 0 Å². The lowest BCUT2D eigenvalue weighted by atomic mass is 9.94. The van der Waals surface area contributed by atoms with Gasteiger partial charge in [0.15, 0.2) is 0 Å². The first kappa shape index (κ1) is 24.6. The van der Waals surface area contributed by atoms with Gasteiger partial charge in [0, 0.05) is 30.4 Å². The first-order valence-electron chi connectivity index (χ1n) is 13.2. The van der Waals surface area contributed by atoms with Gasteiger partial charge in [-0.1, -0.05) is 60.7 Å². The van der Waals surface area contributed by atoms with E-state index < -0.39 is 0 Å². The van der Waals surface area contributed by atoms with Crippen molar-refractivity contribution < 1.29 is 0 Å². The SMILES string of the molecule is N#Cc1ccc2nc(-c3cc(-c4ccc(-c5cccnc5)cc4)cc(-c4ccc(-c5cccnc5)cc4)c3)sc2c1. The maximum atomic E-state index is 9.36. The second kappa shape index (κ2) is 10.6. The van der Waals surface area contributed by atoms with Gasteiger partial charge in [-0.3, -0.25) is 9.97 Å². The smallest absolute Gasteiger partial charge is 0.124 e. The molecular formula is C36H22N4S. The number of thiazole rings is 1. The van der Waals surface area contributed by atoms with Gasteiger partial charge in [-0.05, 0) is 93.0 Å². The first-order chi connectivity index (χ1) is 20.2. The summed E-state index contributed by atoms with van der Waals surface area (Å²) >= 11 is 1.61. The van der Waals surface area contributed by atoms with Crippen LogP contribution in [0.5, 0.6) is 0 Å². The Morgan fingerprint density at radius 3 is 1.51 bits per heavy atom. The summed E-state index contributed by atoms with van der Waals surface area (Å²) in [5, 5.41) is 10.3. The van der Waals surface area contributed by atoms with Crippen LogP contribution in [0.15, 0.2) is 134 Å². The number of nitrogens with zero attached hydrogens (tertiary/aromatic N) is 4. The highest BCUT2D eigenvalue weighted by molar-refractivity contribution is 7.21. The van der Waals surface area contributed by atoms with E-state index in [1.54, 1.807) is 23.7 Å². The molecule has 4 nitrogen and oxygen atoms in total. The van der Waals surface area contributed by atoms with Crippen molar-refractivity contribution in [1.29, 1.82) is 5.26 Å². The molecule has 3 heterocycles. The second-order valence-corrected chi connectivity index (χ2v) is 10.8. The van der Waals surface area contributed by atoms with Crippen molar-refractivity contribution in [3.05, 3.63) is 140 Å². The number of fused-ring (bicyclic) bond motifs is 1. The molecule has 7 aromatic rings. The van der Waals surface area contributed by atoms with Crippen LogP contribution in [0.4, 0.5) is 0 Å². The summed E-state index contributed by atoms with van der Waals surface area (Å²) in [6, 6.07) is 39.8. The van der Waals surface area contributed by atoms with Crippen molar-refractivity contribution >= 4 is 21.6 Å². The highest BCUT2D eigenvalue weighted by Gasteiger charge is 2.12. The van der Waals surface area contributed by atoms with Crippen LogP contribution in [0.25, 0.3) is 65.3 Å². The lowest BCUT2D eigenvalue weighted by Crippen LogP contribution is -1.87. The van der Waals surface area contributed by atoms with E-state index in [2.05, 4.69) is 94.9 Å². The Morgan fingerprint density at radius 2 is 1.02 bits per heavy atom. The summed E-state index contributed by atoms with van der Waals surface area (Å²) in [5.74, 6) is 0. The zero-order chi connectivity index (χ0) is 27.6. The molecule has 0 spiro atoms. The third kappa shape index (κ3) is 5.00. The summed E-state index contributed by atoms with van der Waals surface area (Å²) < 4.78 is 1.01. The molecule has 0 saturated heterocycles. The number of nitriles is 1. The minimum Gasteiger partial charge on any atom is -0.264 e. The molecule has 192 valence electrons. The van der Waals surface area contributed by atoms with Gasteiger partial charge in [-0.25, -0.2) is 4.98 Å². The Labute approximate surface area is 241 Å². The molecule has 0 bridgehead atoms. The number of hydrogen-bond acceptors (Lipinski definition) is 5. The van der Waals surface area contributed by atoms with E-state index in [9.17, 15) is 5.26 Å². The standard InChI is InChI=1S/C36H22N4S/c37-21-24-5-14-34-35(17-24)41-36(40-34)33-19-31(27-10-6-25(7-11-27)29-3-1-15-38-22-29)18-32(20-33)28-12-8-26(9-13-28)30-4-2-16-39-23-30/h1-20,22-23H. The van der Waals surface area contributed by atoms with Gasteiger partial charge in [0.1, 0.15) is 5.01 Å². The lowest BCUT2D eigenvalue weighted by molar-refractivity contribution is 1.33. The molecule has 0 radical (unpaired) electrons. The van der Waals surface area contributed by atoms with Gasteiger partial charge < -0.3 is 0 Å². The van der Waals surface area contributed by atoms with E-state index in [-0.39, 0.29) is 0 Å². The summed E-state index contributed by atoms with van der Waals surface area (Å²) in [7, 11) is 0. The zero-order valence-corrected chi connectivity index (χ0v) is 22.7. The topological polar surface area (TPSA) is 62.5 Å². The highest BCUT2D eigenvalue weighted by Crippen LogP contribution is 2.37. The van der Waals surface area contributed by atoms with Crippen molar-refractivity contribution in [2.75, 3.05) is 0 Å². The van der Waals surface area contributed by atoms with Crippen molar-refractivity contribution in [1.82, 2.24) is 15.0 Å². The number of rotatable bonds is 5. The molecule has 0 aliphatic carbocycles. The monoisotopic (exact) mass is 542 g/mol. The largest absolute Gasteiger partial charge is 0.264 e. The summed E-state index contributed by atoms with van der Waals surface area (Å²) in [6.45, 7) is 0. The van der Waals surface area contributed by atoms with Gasteiger partial charge in [0.25, 0.3) is 0 Å². The first-order valence-corrected chi connectivity index (χ1v) is 14.0. The van der Waals surface area contributed by atoms with Gasteiger partial charge in [0.05, 0.1) is 21.8 Å². The normalized spacial score (nSPS) is 10.9. The Kier molecular flexibility index (Phi) is 6.37. The molecule has 0 saturated carbocycles. The van der Waals surface area contributed by atoms with Crippen LogP contribution >= 0.6 is 11.3 Å². The summed E-state index contributed by atoms with van der Waals surface area (Å²) in [5.41, 5.74) is 11.5. The second-order valence-electron chi connectivity index (χ2n) is 9.75. The van der Waals surface area contributed by atoms with Crippen LogP contribution in [-0.4, -0.2) is 15.0 Å². The molecular weight excluding hydrogens is 520 g/mol. The van der Waals surface area contributed by atoms with Crippen molar-refractivity contribution in [3.8, 4) is 61.1 Å². The average molecular weight is 543 g/mol. The van der Waals surface area contributed by atoms with Crippen LogP contribution in [0.1, 0.15) is 5.56 Å². The predicted molar refractivity (Wildman–Crippen MR) is 167 cm³/mol. The van der Waals surface area contributed by atoms with E-state index in [1.165, 1.54) is 0 Å². The minimum atomic E-state index is 0.643. The molecule has 0 N–H and O–H groups in total. The summed E-state index contributed by atoms with van der Waals surface area (Å²) in [4.78, 5) is 13.4. The van der Waals surface area contributed by atoms with Crippen LogP contribution in [-0.2, 0) is 0 Å². The molecule has 41 heavy (non-hydrogen) atoms. The van der Waals surface area contributed by atoms with Crippen LogP contribution in [0, 0.1) is 11.3 Å². The number of aromatic nitrogens is 3. The number of benzene rings is 4. The summed E-state index contributed by atoms with van der Waals surface area (Å²) in [6.07, 6.45) is 7.34. The Bertz CT molecular complexity index is 1920. The third-order valence-electron chi connectivity index (χ3n) is 7.12. The molecule has 0 amide bonds. The average Bonchev–Trinajstić information content (AvgIpc) is 3.49. The van der Waals surface area contributed by atoms with E-state index in [1.807, 2.05) is 42.7 Å². The molecule has 0 aliphatic heterocycles. The van der Waals surface area contributed by atoms with Gasteiger partial charge in [0.2, 0.25) is 0 Å². The Morgan fingerprint density at radius 1 is 0.512 bits per heavy atom. The highest BCUT2D eigenvalue weighted by atomic mass is 32.1. The van der Waals surface area contributed by atoms with Crippen LogP contribution in [0.2, 0.25) is 0 Å². The van der Waals surface area contributed by atoms with E-state index >= 15 is 0 Å². The fourth-order valence-corrected chi connectivity index (χ4v) is 5.97. The maximum Gasteiger partial charge on any atom is 0.124 e. The van der Waals surface area contributed by atoms with Gasteiger partial charge >= 0.3 is 0 Å². The predicted octanol–water partition coefficient (Wildman–Crippen LogP) is 9.29. The fraction of sp³-hybridized carbons (Fsp3) is 0. The molecule has 3 aromatic heterocycles. The Balaban J connectivity index is 1.33. The van der Waals surface area contributed by atoms with Gasteiger partial charge in [-0.15, -0.1) is 11.3 Å². The van der Waals surface area contributed by atoms with Crippen molar-refractivity contribution in [2.45, 2.75) is 0 Å². The van der Waals surface area contributed by atoms with E-state index in [0.29, 0.717) is 5.56 Å². The fourth-order valence-electron chi connectivity index (χ4n) is 4.98. The van der Waals surface area contributed by atoms with Crippen molar-refractivity contribution in [3.63, 3.8) is 0 Å². The minimum absolute atomic E-state index is 0.643. The Hall–Kier alpha value is -5.44. The molecule has 0 atom stereocenters. The molecule has 0 unspecified atom stereocenters. The van der Waals surface area contributed by atoms with Gasteiger partial charge in [-0.2, -0.15) is 5.26 Å². The molecule has 7 rings (SSSR count). The van der Waals surface area contributed by atoms with E-state index in [0.717, 1.165) is 65.3 Å². The third-order valence-corrected chi connectivity index (χ3v) is 8.19. The quantitative estimate of drug-likeness (QED) is 0.217. The van der Waals surface area contributed by atoms with E-state index in [4.69, 9.17) is 4.98 Å². The molecule has 0 fully saturated rings. The van der Waals surface area contributed by atoms with Crippen LogP contribution < -0.4 is 0 Å².